The van der Waals surface area contributed by atoms with E-state index in [0.29, 0.717) is 30.6 Å². The number of carbonyl (C=O) groups is 2. The van der Waals surface area contributed by atoms with E-state index in [1.807, 2.05) is 29.2 Å². The van der Waals surface area contributed by atoms with E-state index in [4.69, 9.17) is 4.74 Å². The lowest BCUT2D eigenvalue weighted by atomic mass is 9.92. The van der Waals surface area contributed by atoms with Crippen molar-refractivity contribution < 1.29 is 14.3 Å². The lowest BCUT2D eigenvalue weighted by Crippen LogP contribution is -2.47. The monoisotopic (exact) mass is 330 g/mol. The van der Waals surface area contributed by atoms with Crippen molar-refractivity contribution >= 4 is 17.5 Å². The van der Waals surface area contributed by atoms with E-state index < -0.39 is 6.10 Å². The molecule has 0 N–H and O–H groups in total. The van der Waals surface area contributed by atoms with E-state index in [1.165, 1.54) is 6.42 Å². The van der Waals surface area contributed by atoms with Gasteiger partial charge in [-0.15, -0.1) is 0 Å². The molecule has 0 aliphatic carbocycles. The second-order valence-electron chi connectivity index (χ2n) is 7.21. The Morgan fingerprint density at radius 2 is 1.83 bits per heavy atom. The van der Waals surface area contributed by atoms with Crippen LogP contribution in [0.1, 0.15) is 33.6 Å². The fourth-order valence-corrected chi connectivity index (χ4v) is 3.82. The Bertz CT molecular complexity index is 621. The minimum Gasteiger partial charge on any atom is -0.479 e. The molecule has 1 fully saturated rings. The van der Waals surface area contributed by atoms with Gasteiger partial charge in [-0.05, 0) is 37.3 Å². The number of carbonyl (C=O) groups excluding carboxylic acids is 2. The van der Waals surface area contributed by atoms with E-state index in [0.717, 1.165) is 18.8 Å². The van der Waals surface area contributed by atoms with Crippen LogP contribution in [-0.4, -0.2) is 42.5 Å². The number of benzene rings is 1. The van der Waals surface area contributed by atoms with Crippen molar-refractivity contribution in [3.63, 3.8) is 0 Å². The highest BCUT2D eigenvalue weighted by Crippen LogP contribution is 2.33. The normalized spacial score (nSPS) is 26.8. The Labute approximate surface area is 143 Å². The molecular weight excluding hydrogens is 304 g/mol. The number of anilines is 1. The minimum absolute atomic E-state index is 0.0816. The molecule has 130 valence electrons. The summed E-state index contributed by atoms with van der Waals surface area (Å²) in [6.07, 6.45) is 1.02. The van der Waals surface area contributed by atoms with Gasteiger partial charge in [-0.3, -0.25) is 9.59 Å². The van der Waals surface area contributed by atoms with Crippen LogP contribution < -0.4 is 9.64 Å². The molecule has 24 heavy (non-hydrogen) atoms. The molecule has 3 rings (SSSR count). The van der Waals surface area contributed by atoms with Crippen LogP contribution in [0.2, 0.25) is 0 Å². The Hall–Kier alpha value is -2.04. The first kappa shape index (κ1) is 16.8. The molecule has 0 radical (unpaired) electrons. The van der Waals surface area contributed by atoms with Gasteiger partial charge >= 0.3 is 0 Å². The molecule has 3 unspecified atom stereocenters. The summed E-state index contributed by atoms with van der Waals surface area (Å²) in [5.41, 5.74) is 0.758. The summed E-state index contributed by atoms with van der Waals surface area (Å²) in [7, 11) is 0. The number of piperidine rings is 1. The van der Waals surface area contributed by atoms with Gasteiger partial charge in [-0.25, -0.2) is 0 Å². The summed E-state index contributed by atoms with van der Waals surface area (Å²) in [5.74, 6) is 1.85. The predicted molar refractivity (Wildman–Crippen MR) is 93.0 cm³/mol. The highest BCUT2D eigenvalue weighted by molar-refractivity contribution is 6.00. The van der Waals surface area contributed by atoms with Crippen LogP contribution in [-0.2, 0) is 9.59 Å². The van der Waals surface area contributed by atoms with Crippen LogP contribution in [0, 0.1) is 11.8 Å². The fraction of sp³-hybridized carbons (Fsp3) is 0.579. The molecule has 2 aliphatic rings. The first-order chi connectivity index (χ1) is 11.5. The number of hydrogen-bond donors (Lipinski definition) is 0. The number of amides is 2. The molecule has 2 aliphatic heterocycles. The second kappa shape index (κ2) is 6.83. The first-order valence-corrected chi connectivity index (χ1v) is 8.80. The van der Waals surface area contributed by atoms with Crippen molar-refractivity contribution in [1.29, 1.82) is 0 Å². The lowest BCUT2D eigenvalue weighted by molar-refractivity contribution is -0.133. The topological polar surface area (TPSA) is 49.9 Å². The molecule has 1 saturated heterocycles. The smallest absolute Gasteiger partial charge is 0.267 e. The summed E-state index contributed by atoms with van der Waals surface area (Å²) < 4.78 is 5.64. The molecule has 0 bridgehead atoms. The van der Waals surface area contributed by atoms with E-state index in [-0.39, 0.29) is 11.8 Å². The minimum atomic E-state index is -0.509. The first-order valence-electron chi connectivity index (χ1n) is 8.80. The van der Waals surface area contributed by atoms with E-state index in [9.17, 15) is 9.59 Å². The molecule has 1 aromatic carbocycles. The fourth-order valence-electron chi connectivity index (χ4n) is 3.82. The van der Waals surface area contributed by atoms with Crippen LogP contribution in [0.15, 0.2) is 24.3 Å². The zero-order chi connectivity index (χ0) is 17.3. The van der Waals surface area contributed by atoms with Gasteiger partial charge in [0.05, 0.1) is 5.69 Å². The van der Waals surface area contributed by atoms with Gasteiger partial charge < -0.3 is 14.5 Å². The average Bonchev–Trinajstić information content (AvgIpc) is 2.54. The van der Waals surface area contributed by atoms with Gasteiger partial charge in [0.25, 0.3) is 5.91 Å². The standard InChI is InChI=1S/C19H26N2O3/c1-13-10-14(2)12-20(11-13)18(22)8-9-21-16-6-4-5-7-17(16)24-15(3)19(21)23/h4-7,13-15H,8-12H2,1-3H3. The molecule has 0 spiro atoms. The molecule has 5 nitrogen and oxygen atoms in total. The maximum Gasteiger partial charge on any atom is 0.267 e. The number of hydrogen-bond acceptors (Lipinski definition) is 3. The van der Waals surface area contributed by atoms with E-state index >= 15 is 0 Å². The third kappa shape index (κ3) is 3.40. The van der Waals surface area contributed by atoms with Gasteiger partial charge in [0, 0.05) is 26.1 Å². The predicted octanol–water partition coefficient (Wildman–Crippen LogP) is 2.70. The van der Waals surface area contributed by atoms with Gasteiger partial charge in [-0.1, -0.05) is 26.0 Å². The SMILES string of the molecule is CC1CC(C)CN(C(=O)CCN2C(=O)C(C)Oc3ccccc32)C1. The summed E-state index contributed by atoms with van der Waals surface area (Å²) in [6, 6.07) is 7.51. The van der Waals surface area contributed by atoms with Gasteiger partial charge in [-0.2, -0.15) is 0 Å². The number of ether oxygens (including phenoxy) is 1. The summed E-state index contributed by atoms with van der Waals surface area (Å²) in [4.78, 5) is 28.7. The van der Waals surface area contributed by atoms with Gasteiger partial charge in [0.1, 0.15) is 5.75 Å². The van der Waals surface area contributed by atoms with Crippen molar-refractivity contribution in [2.24, 2.45) is 11.8 Å². The highest BCUT2D eigenvalue weighted by Gasteiger charge is 2.32. The van der Waals surface area contributed by atoms with Crippen molar-refractivity contribution in [3.8, 4) is 5.75 Å². The van der Waals surface area contributed by atoms with Crippen LogP contribution >= 0.6 is 0 Å². The highest BCUT2D eigenvalue weighted by atomic mass is 16.5. The Morgan fingerprint density at radius 3 is 2.54 bits per heavy atom. The molecule has 1 aromatic rings. The molecular formula is C19H26N2O3. The molecule has 3 atom stereocenters. The second-order valence-corrected chi connectivity index (χ2v) is 7.21. The molecule has 0 aromatic heterocycles. The van der Waals surface area contributed by atoms with E-state index in [2.05, 4.69) is 13.8 Å². The molecule has 0 saturated carbocycles. The molecule has 2 amide bonds. The maximum absolute atomic E-state index is 12.6. The maximum atomic E-state index is 12.6. The molecule has 5 heteroatoms. The third-order valence-electron chi connectivity index (χ3n) is 4.84. The average molecular weight is 330 g/mol. The number of fused-ring (bicyclic) bond motifs is 1. The number of nitrogens with zero attached hydrogens (tertiary/aromatic N) is 2. The third-order valence-corrected chi connectivity index (χ3v) is 4.84. The quantitative estimate of drug-likeness (QED) is 0.856. The van der Waals surface area contributed by atoms with Crippen molar-refractivity contribution in [2.75, 3.05) is 24.5 Å². The van der Waals surface area contributed by atoms with Gasteiger partial charge in [0.2, 0.25) is 5.91 Å². The lowest BCUT2D eigenvalue weighted by Gasteiger charge is -2.36. The van der Waals surface area contributed by atoms with Crippen molar-refractivity contribution in [1.82, 2.24) is 4.90 Å². The van der Waals surface area contributed by atoms with Crippen LogP contribution in [0.25, 0.3) is 0 Å². The van der Waals surface area contributed by atoms with E-state index in [1.54, 1.807) is 11.8 Å². The van der Waals surface area contributed by atoms with Gasteiger partial charge in [0.15, 0.2) is 6.10 Å². The molecule has 2 heterocycles. The Kier molecular flexibility index (Phi) is 4.78. The number of para-hydroxylation sites is 2. The largest absolute Gasteiger partial charge is 0.479 e. The van der Waals surface area contributed by atoms with Crippen LogP contribution in [0.5, 0.6) is 5.75 Å². The zero-order valence-corrected chi connectivity index (χ0v) is 14.7. The summed E-state index contributed by atoms with van der Waals surface area (Å²) >= 11 is 0. The summed E-state index contributed by atoms with van der Waals surface area (Å²) in [6.45, 7) is 8.20. The Morgan fingerprint density at radius 1 is 1.17 bits per heavy atom. The number of rotatable bonds is 3. The van der Waals surface area contributed by atoms with Crippen LogP contribution in [0.3, 0.4) is 0 Å². The van der Waals surface area contributed by atoms with Crippen molar-refractivity contribution in [2.45, 2.75) is 39.7 Å². The Balaban J connectivity index is 1.67. The van der Waals surface area contributed by atoms with Crippen LogP contribution in [0.4, 0.5) is 5.69 Å². The zero-order valence-electron chi connectivity index (χ0n) is 14.7. The summed E-state index contributed by atoms with van der Waals surface area (Å²) in [5, 5.41) is 0. The van der Waals surface area contributed by atoms with Crippen molar-refractivity contribution in [3.05, 3.63) is 24.3 Å². The number of likely N-dealkylation sites (tertiary alicyclic amines) is 1.